The number of nitriles is 1. The maximum absolute atomic E-state index is 9.62. The Labute approximate surface area is 127 Å². The van der Waals surface area contributed by atoms with Gasteiger partial charge in [-0.1, -0.05) is 23.8 Å². The van der Waals surface area contributed by atoms with Crippen LogP contribution in [0.15, 0.2) is 59.1 Å². The van der Waals surface area contributed by atoms with E-state index in [0.29, 0.717) is 11.1 Å². The molecular formula is C19H12N2O. The minimum Gasteiger partial charge on any atom is -0.455 e. The number of nitrogens with zero attached hydrogens (tertiary/aromatic N) is 2. The Bertz CT molecular complexity index is 1040. The van der Waals surface area contributed by atoms with Crippen LogP contribution in [0.25, 0.3) is 33.2 Å². The van der Waals surface area contributed by atoms with Gasteiger partial charge < -0.3 is 4.42 Å². The van der Waals surface area contributed by atoms with Crippen LogP contribution in [-0.2, 0) is 0 Å². The van der Waals surface area contributed by atoms with E-state index < -0.39 is 0 Å². The van der Waals surface area contributed by atoms with Gasteiger partial charge in [-0.25, -0.2) is 0 Å². The maximum atomic E-state index is 9.62. The zero-order chi connectivity index (χ0) is 15.1. The van der Waals surface area contributed by atoms with E-state index in [1.54, 1.807) is 6.20 Å². The fourth-order valence-electron chi connectivity index (χ4n) is 2.80. The van der Waals surface area contributed by atoms with Crippen molar-refractivity contribution in [3.8, 4) is 17.3 Å². The topological polar surface area (TPSA) is 49.8 Å². The highest BCUT2D eigenvalue weighted by atomic mass is 16.3. The number of benzene rings is 2. The molecule has 22 heavy (non-hydrogen) atoms. The number of hydrogen-bond acceptors (Lipinski definition) is 3. The van der Waals surface area contributed by atoms with Crippen molar-refractivity contribution in [1.29, 1.82) is 5.26 Å². The first kappa shape index (κ1) is 12.6. The van der Waals surface area contributed by atoms with Crippen LogP contribution < -0.4 is 0 Å². The molecule has 0 N–H and O–H groups in total. The summed E-state index contributed by atoms with van der Waals surface area (Å²) in [6.07, 6.45) is 1.72. The highest BCUT2D eigenvalue weighted by Crippen LogP contribution is 2.35. The summed E-state index contributed by atoms with van der Waals surface area (Å²) in [5.41, 5.74) is 4.71. The van der Waals surface area contributed by atoms with Gasteiger partial charge in [-0.3, -0.25) is 4.98 Å². The summed E-state index contributed by atoms with van der Waals surface area (Å²) in [4.78, 5) is 4.34. The van der Waals surface area contributed by atoms with Gasteiger partial charge in [-0.2, -0.15) is 5.26 Å². The van der Waals surface area contributed by atoms with Gasteiger partial charge in [0, 0.05) is 22.5 Å². The molecule has 0 radical (unpaired) electrons. The number of furan rings is 1. The Hall–Kier alpha value is -3.12. The lowest BCUT2D eigenvalue weighted by atomic mass is 10.0. The third kappa shape index (κ3) is 1.78. The fraction of sp³-hybridized carbons (Fsp3) is 0.0526. The second kappa shape index (κ2) is 4.71. The van der Waals surface area contributed by atoms with E-state index in [-0.39, 0.29) is 0 Å². The van der Waals surface area contributed by atoms with Gasteiger partial charge in [-0.15, -0.1) is 0 Å². The van der Waals surface area contributed by atoms with Crippen LogP contribution in [0, 0.1) is 18.3 Å². The molecule has 0 aliphatic carbocycles. The van der Waals surface area contributed by atoms with Gasteiger partial charge in [0.1, 0.15) is 17.2 Å². The quantitative estimate of drug-likeness (QED) is 0.503. The van der Waals surface area contributed by atoms with Crippen molar-refractivity contribution in [2.75, 3.05) is 0 Å². The molecule has 104 valence electrons. The lowest BCUT2D eigenvalue weighted by Gasteiger charge is -2.03. The molecule has 0 fully saturated rings. The molecule has 0 saturated heterocycles. The molecule has 0 unspecified atom stereocenters. The molecule has 3 nitrogen and oxygen atoms in total. The Morgan fingerprint density at radius 2 is 1.95 bits per heavy atom. The highest BCUT2D eigenvalue weighted by molar-refractivity contribution is 6.08. The molecule has 0 saturated carbocycles. The molecule has 0 bridgehead atoms. The standard InChI is InChI=1S/C19H12N2O/c1-12-5-8-18-15(10-12)14-7-6-13(16(11-20)19(14)22-18)17-4-2-3-9-21-17/h2-10H,1H3. The predicted molar refractivity (Wildman–Crippen MR) is 86.4 cm³/mol. The van der Waals surface area contributed by atoms with Crippen LogP contribution in [0.5, 0.6) is 0 Å². The third-order valence-electron chi connectivity index (χ3n) is 3.85. The molecule has 3 heteroatoms. The van der Waals surface area contributed by atoms with Gasteiger partial charge in [0.25, 0.3) is 0 Å². The van der Waals surface area contributed by atoms with Gasteiger partial charge in [0.15, 0.2) is 5.58 Å². The smallest absolute Gasteiger partial charge is 0.153 e. The van der Waals surface area contributed by atoms with Crippen LogP contribution in [0.1, 0.15) is 11.1 Å². The van der Waals surface area contributed by atoms with E-state index in [0.717, 1.165) is 27.6 Å². The zero-order valence-corrected chi connectivity index (χ0v) is 12.0. The summed E-state index contributed by atoms with van der Waals surface area (Å²) in [6.45, 7) is 2.05. The van der Waals surface area contributed by atoms with Crippen molar-refractivity contribution in [2.24, 2.45) is 0 Å². The lowest BCUT2D eigenvalue weighted by molar-refractivity contribution is 0.667. The molecule has 4 aromatic rings. The average Bonchev–Trinajstić information content (AvgIpc) is 2.92. The molecule has 4 rings (SSSR count). The van der Waals surface area contributed by atoms with Gasteiger partial charge >= 0.3 is 0 Å². The predicted octanol–water partition coefficient (Wildman–Crippen LogP) is 4.83. The van der Waals surface area contributed by atoms with Crippen molar-refractivity contribution in [1.82, 2.24) is 4.98 Å². The SMILES string of the molecule is Cc1ccc2oc3c(C#N)c(-c4ccccn4)ccc3c2c1. The van der Waals surface area contributed by atoms with E-state index in [9.17, 15) is 5.26 Å². The largest absolute Gasteiger partial charge is 0.455 e. The Balaban J connectivity index is 2.11. The zero-order valence-electron chi connectivity index (χ0n) is 12.0. The summed E-state index contributed by atoms with van der Waals surface area (Å²) in [7, 11) is 0. The molecule has 2 aromatic heterocycles. The van der Waals surface area contributed by atoms with E-state index in [4.69, 9.17) is 4.42 Å². The second-order valence-corrected chi connectivity index (χ2v) is 5.29. The molecule has 0 atom stereocenters. The lowest BCUT2D eigenvalue weighted by Crippen LogP contribution is -1.87. The number of rotatable bonds is 1. The fourth-order valence-corrected chi connectivity index (χ4v) is 2.80. The maximum Gasteiger partial charge on any atom is 0.153 e. The molecule has 0 spiro atoms. The van der Waals surface area contributed by atoms with E-state index >= 15 is 0 Å². The summed E-state index contributed by atoms with van der Waals surface area (Å²) < 4.78 is 5.94. The summed E-state index contributed by atoms with van der Waals surface area (Å²) in [5, 5.41) is 11.6. The number of aromatic nitrogens is 1. The first-order chi connectivity index (χ1) is 10.8. The van der Waals surface area contributed by atoms with Crippen molar-refractivity contribution in [3.63, 3.8) is 0 Å². The first-order valence-electron chi connectivity index (χ1n) is 7.05. The van der Waals surface area contributed by atoms with Crippen molar-refractivity contribution < 1.29 is 4.42 Å². The molecule has 2 heterocycles. The van der Waals surface area contributed by atoms with Crippen molar-refractivity contribution in [2.45, 2.75) is 6.92 Å². The number of aryl methyl sites for hydroxylation is 1. The van der Waals surface area contributed by atoms with Crippen LogP contribution in [-0.4, -0.2) is 4.98 Å². The Morgan fingerprint density at radius 3 is 2.73 bits per heavy atom. The normalized spacial score (nSPS) is 10.9. The minimum atomic E-state index is 0.532. The van der Waals surface area contributed by atoms with Crippen LogP contribution >= 0.6 is 0 Å². The van der Waals surface area contributed by atoms with E-state index in [1.807, 2.05) is 49.4 Å². The highest BCUT2D eigenvalue weighted by Gasteiger charge is 2.16. The second-order valence-electron chi connectivity index (χ2n) is 5.29. The van der Waals surface area contributed by atoms with E-state index in [2.05, 4.69) is 17.1 Å². The minimum absolute atomic E-state index is 0.532. The van der Waals surface area contributed by atoms with Gasteiger partial charge in [-0.05, 0) is 37.3 Å². The summed E-state index contributed by atoms with van der Waals surface area (Å²) >= 11 is 0. The van der Waals surface area contributed by atoms with Gasteiger partial charge in [0.05, 0.1) is 5.69 Å². The van der Waals surface area contributed by atoms with Crippen molar-refractivity contribution >= 4 is 21.9 Å². The molecular weight excluding hydrogens is 272 g/mol. The van der Waals surface area contributed by atoms with E-state index in [1.165, 1.54) is 5.56 Å². The van der Waals surface area contributed by atoms with Crippen molar-refractivity contribution in [3.05, 3.63) is 65.9 Å². The van der Waals surface area contributed by atoms with Crippen LogP contribution in [0.2, 0.25) is 0 Å². The molecule has 0 aliphatic heterocycles. The monoisotopic (exact) mass is 284 g/mol. The van der Waals surface area contributed by atoms with Crippen LogP contribution in [0.4, 0.5) is 0 Å². The number of hydrogen-bond donors (Lipinski definition) is 0. The Morgan fingerprint density at radius 1 is 1.05 bits per heavy atom. The summed E-state index contributed by atoms with van der Waals surface area (Å²) in [5.74, 6) is 0. The van der Waals surface area contributed by atoms with Gasteiger partial charge in [0.2, 0.25) is 0 Å². The third-order valence-corrected chi connectivity index (χ3v) is 3.85. The molecule has 2 aromatic carbocycles. The Kier molecular flexibility index (Phi) is 2.70. The summed E-state index contributed by atoms with van der Waals surface area (Å²) in [6, 6.07) is 17.9. The van der Waals surface area contributed by atoms with Crippen LogP contribution in [0.3, 0.4) is 0 Å². The molecule has 0 amide bonds. The number of fused-ring (bicyclic) bond motifs is 3. The average molecular weight is 284 g/mol. The molecule has 0 aliphatic rings. The number of pyridine rings is 1. The first-order valence-corrected chi connectivity index (χ1v) is 7.05.